The number of halogens is 1. The van der Waals surface area contributed by atoms with Crippen LogP contribution in [0.3, 0.4) is 0 Å². The van der Waals surface area contributed by atoms with Crippen molar-refractivity contribution in [3.05, 3.63) is 41.5 Å². The van der Waals surface area contributed by atoms with Gasteiger partial charge in [-0.3, -0.25) is 0 Å². The Labute approximate surface area is 135 Å². The van der Waals surface area contributed by atoms with E-state index in [-0.39, 0.29) is 18.3 Å². The lowest BCUT2D eigenvalue weighted by atomic mass is 9.96. The van der Waals surface area contributed by atoms with Crippen molar-refractivity contribution >= 4 is 12.4 Å². The zero-order valence-electron chi connectivity index (χ0n) is 12.3. The van der Waals surface area contributed by atoms with E-state index in [9.17, 15) is 0 Å². The van der Waals surface area contributed by atoms with Crippen LogP contribution in [0.4, 0.5) is 0 Å². The summed E-state index contributed by atoms with van der Waals surface area (Å²) in [7, 11) is 0. The fourth-order valence-corrected chi connectivity index (χ4v) is 3.32. The molecule has 1 aliphatic heterocycles. The minimum Gasteiger partial charge on any atom is -0.492 e. The average molecular weight is 322 g/mol. The van der Waals surface area contributed by atoms with Crippen molar-refractivity contribution in [3.8, 4) is 5.75 Å². The minimum atomic E-state index is -0.394. The first-order valence-electron chi connectivity index (χ1n) is 7.58. The van der Waals surface area contributed by atoms with Gasteiger partial charge in [-0.1, -0.05) is 36.2 Å². The van der Waals surface area contributed by atoms with Gasteiger partial charge in [0.05, 0.1) is 11.5 Å². The van der Waals surface area contributed by atoms with Crippen LogP contribution in [0, 0.1) is 0 Å². The van der Waals surface area contributed by atoms with Crippen molar-refractivity contribution in [2.45, 2.75) is 43.6 Å². The molecule has 0 bridgehead atoms. The van der Waals surface area contributed by atoms with Gasteiger partial charge in [-0.05, 0) is 30.9 Å². The van der Waals surface area contributed by atoms with Crippen LogP contribution in [0.2, 0.25) is 0 Å². The van der Waals surface area contributed by atoms with E-state index in [1.807, 2.05) is 18.2 Å². The first kappa shape index (κ1) is 15.3. The molecule has 1 aromatic carbocycles. The monoisotopic (exact) mass is 321 g/mol. The molecule has 0 amide bonds. The first-order chi connectivity index (χ1) is 10.2. The van der Waals surface area contributed by atoms with Crippen LogP contribution in [0.5, 0.6) is 5.75 Å². The SMILES string of the molecule is Cl.NC1(c2noc(C3COc4ccccc4C3)n2)CCCC1. The number of ether oxygens (including phenoxy) is 1. The minimum absolute atomic E-state index is 0. The van der Waals surface area contributed by atoms with Gasteiger partial charge in [-0.15, -0.1) is 12.4 Å². The highest BCUT2D eigenvalue weighted by Gasteiger charge is 2.37. The standard InChI is InChI=1S/C16H19N3O2.ClH/c17-16(7-3-4-8-16)15-18-14(21-19-15)12-9-11-5-1-2-6-13(11)20-10-12;/h1-2,5-6,12H,3-4,7-10,17H2;1H. The average Bonchev–Trinajstić information content (AvgIpc) is 3.17. The Kier molecular flexibility index (Phi) is 4.10. The van der Waals surface area contributed by atoms with E-state index < -0.39 is 5.54 Å². The highest BCUT2D eigenvalue weighted by atomic mass is 35.5. The summed E-state index contributed by atoms with van der Waals surface area (Å²) < 4.78 is 11.3. The van der Waals surface area contributed by atoms with Gasteiger partial charge in [-0.25, -0.2) is 0 Å². The summed E-state index contributed by atoms with van der Waals surface area (Å²) in [4.78, 5) is 4.58. The summed E-state index contributed by atoms with van der Waals surface area (Å²) in [6.45, 7) is 0.580. The molecule has 2 aromatic rings. The summed E-state index contributed by atoms with van der Waals surface area (Å²) in [6.07, 6.45) is 5.03. The second-order valence-electron chi connectivity index (χ2n) is 6.14. The zero-order chi connectivity index (χ0) is 14.3. The number of rotatable bonds is 2. The Morgan fingerprint density at radius 2 is 1.95 bits per heavy atom. The number of nitrogens with zero attached hydrogens (tertiary/aromatic N) is 2. The molecular formula is C16H20ClN3O2. The molecule has 22 heavy (non-hydrogen) atoms. The van der Waals surface area contributed by atoms with E-state index in [1.165, 1.54) is 5.56 Å². The Hall–Kier alpha value is -1.59. The van der Waals surface area contributed by atoms with Crippen LogP contribution in [-0.4, -0.2) is 16.7 Å². The number of hydrogen-bond donors (Lipinski definition) is 1. The van der Waals surface area contributed by atoms with E-state index in [0.29, 0.717) is 18.3 Å². The highest BCUT2D eigenvalue weighted by molar-refractivity contribution is 5.85. The van der Waals surface area contributed by atoms with E-state index >= 15 is 0 Å². The summed E-state index contributed by atoms with van der Waals surface area (Å²) in [6, 6.07) is 8.10. The molecule has 2 aliphatic rings. The van der Waals surface area contributed by atoms with Crippen molar-refractivity contribution in [2.75, 3.05) is 6.61 Å². The number of aromatic nitrogens is 2. The topological polar surface area (TPSA) is 74.2 Å². The molecule has 6 heteroatoms. The largest absolute Gasteiger partial charge is 0.492 e. The second-order valence-corrected chi connectivity index (χ2v) is 6.14. The van der Waals surface area contributed by atoms with Gasteiger partial charge >= 0.3 is 0 Å². The predicted molar refractivity (Wildman–Crippen MR) is 84.3 cm³/mol. The van der Waals surface area contributed by atoms with Gasteiger partial charge < -0.3 is 15.0 Å². The lowest BCUT2D eigenvalue weighted by Gasteiger charge is -2.22. The maximum Gasteiger partial charge on any atom is 0.233 e. The smallest absolute Gasteiger partial charge is 0.233 e. The van der Waals surface area contributed by atoms with Crippen LogP contribution >= 0.6 is 12.4 Å². The van der Waals surface area contributed by atoms with Gasteiger partial charge in [0.15, 0.2) is 5.82 Å². The maximum absolute atomic E-state index is 6.38. The normalized spacial score (nSPS) is 22.5. The van der Waals surface area contributed by atoms with Crippen molar-refractivity contribution in [1.82, 2.24) is 10.1 Å². The van der Waals surface area contributed by atoms with Gasteiger partial charge in [0.2, 0.25) is 5.89 Å². The first-order valence-corrected chi connectivity index (χ1v) is 7.58. The molecule has 2 heterocycles. The fourth-order valence-electron chi connectivity index (χ4n) is 3.32. The number of fused-ring (bicyclic) bond motifs is 1. The second kappa shape index (κ2) is 5.89. The Morgan fingerprint density at radius 3 is 2.77 bits per heavy atom. The van der Waals surface area contributed by atoms with Crippen molar-refractivity contribution < 1.29 is 9.26 Å². The van der Waals surface area contributed by atoms with Crippen molar-refractivity contribution in [1.29, 1.82) is 0 Å². The van der Waals surface area contributed by atoms with Crippen molar-refractivity contribution in [2.24, 2.45) is 5.73 Å². The molecule has 118 valence electrons. The molecule has 2 N–H and O–H groups in total. The quantitative estimate of drug-likeness (QED) is 0.920. The third kappa shape index (κ3) is 2.59. The molecule has 1 atom stereocenters. The third-order valence-corrected chi connectivity index (χ3v) is 4.61. The summed E-state index contributed by atoms with van der Waals surface area (Å²) in [5.74, 6) is 2.39. The molecule has 0 saturated heterocycles. The van der Waals surface area contributed by atoms with Gasteiger partial charge in [-0.2, -0.15) is 4.98 Å². The van der Waals surface area contributed by atoms with Crippen LogP contribution < -0.4 is 10.5 Å². The Bertz CT molecular complexity index is 652. The van der Waals surface area contributed by atoms with E-state index in [0.717, 1.165) is 37.9 Å². The summed E-state index contributed by atoms with van der Waals surface area (Å²) in [5.41, 5.74) is 7.18. The van der Waals surface area contributed by atoms with Crippen LogP contribution in [0.1, 0.15) is 48.9 Å². The number of para-hydroxylation sites is 1. The lowest BCUT2D eigenvalue weighted by molar-refractivity contribution is 0.229. The molecule has 1 unspecified atom stereocenters. The van der Waals surface area contributed by atoms with Gasteiger partial charge in [0.25, 0.3) is 0 Å². The Balaban J connectivity index is 0.00000144. The molecule has 5 nitrogen and oxygen atoms in total. The molecule has 1 fully saturated rings. The highest BCUT2D eigenvalue weighted by Crippen LogP contribution is 2.36. The predicted octanol–water partition coefficient (Wildman–Crippen LogP) is 2.94. The number of benzene rings is 1. The van der Waals surface area contributed by atoms with E-state index in [4.69, 9.17) is 15.0 Å². The molecule has 4 rings (SSSR count). The van der Waals surface area contributed by atoms with E-state index in [1.54, 1.807) is 0 Å². The molecule has 1 saturated carbocycles. The number of nitrogens with two attached hydrogens (primary N) is 1. The van der Waals surface area contributed by atoms with Gasteiger partial charge in [0.1, 0.15) is 12.4 Å². The third-order valence-electron chi connectivity index (χ3n) is 4.61. The van der Waals surface area contributed by atoms with Crippen LogP contribution in [0.15, 0.2) is 28.8 Å². The van der Waals surface area contributed by atoms with E-state index in [2.05, 4.69) is 16.2 Å². The summed E-state index contributed by atoms with van der Waals surface area (Å²) >= 11 is 0. The molecular weight excluding hydrogens is 302 g/mol. The van der Waals surface area contributed by atoms with Crippen LogP contribution in [0.25, 0.3) is 0 Å². The summed E-state index contributed by atoms with van der Waals surface area (Å²) in [5, 5.41) is 4.13. The number of hydrogen-bond acceptors (Lipinski definition) is 5. The van der Waals surface area contributed by atoms with Gasteiger partial charge in [0, 0.05) is 0 Å². The molecule has 0 spiro atoms. The zero-order valence-corrected chi connectivity index (χ0v) is 13.1. The molecule has 1 aromatic heterocycles. The lowest BCUT2D eigenvalue weighted by Crippen LogP contribution is -2.34. The van der Waals surface area contributed by atoms with Crippen molar-refractivity contribution in [3.63, 3.8) is 0 Å². The Morgan fingerprint density at radius 1 is 1.18 bits per heavy atom. The molecule has 0 radical (unpaired) electrons. The maximum atomic E-state index is 6.38. The molecule has 1 aliphatic carbocycles. The van der Waals surface area contributed by atoms with Crippen LogP contribution in [-0.2, 0) is 12.0 Å². The fraction of sp³-hybridized carbons (Fsp3) is 0.500.